The summed E-state index contributed by atoms with van der Waals surface area (Å²) in [5.41, 5.74) is 1.11. The summed E-state index contributed by atoms with van der Waals surface area (Å²) in [5.74, 6) is 1.13. The first-order valence-electron chi connectivity index (χ1n) is 10.1. The lowest BCUT2D eigenvalue weighted by atomic mass is 10.2. The van der Waals surface area contributed by atoms with Crippen LogP contribution in [0.15, 0.2) is 42.7 Å². The average molecular weight is 383 g/mol. The Morgan fingerprint density at radius 1 is 1.14 bits per heavy atom. The van der Waals surface area contributed by atoms with Crippen LogP contribution in [0, 0.1) is 0 Å². The number of carbonyl (C=O) groups is 1. The molecular weight excluding hydrogens is 354 g/mol. The van der Waals surface area contributed by atoms with Gasteiger partial charge >= 0.3 is 0 Å². The quantitative estimate of drug-likeness (QED) is 0.760. The number of methoxy groups -OCH3 is 1. The van der Waals surface area contributed by atoms with Gasteiger partial charge in [0.15, 0.2) is 0 Å². The maximum atomic E-state index is 12.9. The highest BCUT2D eigenvalue weighted by molar-refractivity contribution is 5.78. The van der Waals surface area contributed by atoms with Crippen molar-refractivity contribution in [3.63, 3.8) is 0 Å². The zero-order valence-corrected chi connectivity index (χ0v) is 16.5. The molecule has 1 amide bonds. The van der Waals surface area contributed by atoms with Gasteiger partial charge in [0.25, 0.3) is 0 Å². The number of aromatic nitrogens is 2. The lowest BCUT2D eigenvalue weighted by Crippen LogP contribution is -2.52. The van der Waals surface area contributed by atoms with Gasteiger partial charge in [0.2, 0.25) is 5.91 Å². The molecule has 2 aliphatic rings. The average Bonchev–Trinajstić information content (AvgIpc) is 3.41. The molecule has 0 aliphatic carbocycles. The Morgan fingerprint density at radius 2 is 1.96 bits per heavy atom. The summed E-state index contributed by atoms with van der Waals surface area (Å²) >= 11 is 0. The number of amides is 1. The van der Waals surface area contributed by atoms with E-state index in [-0.39, 0.29) is 5.91 Å². The fourth-order valence-electron chi connectivity index (χ4n) is 4.30. The Bertz CT molecular complexity index is 771. The molecule has 0 bridgehead atoms. The van der Waals surface area contributed by atoms with Crippen molar-refractivity contribution in [2.75, 3.05) is 51.3 Å². The van der Waals surface area contributed by atoms with E-state index in [1.54, 1.807) is 7.11 Å². The molecule has 2 aromatic rings. The van der Waals surface area contributed by atoms with Crippen molar-refractivity contribution in [2.24, 2.45) is 0 Å². The van der Waals surface area contributed by atoms with E-state index in [0.717, 1.165) is 63.5 Å². The Hall–Kier alpha value is -2.54. The molecule has 1 atom stereocenters. The van der Waals surface area contributed by atoms with Crippen LogP contribution in [0.1, 0.15) is 12.8 Å². The van der Waals surface area contributed by atoms with Crippen LogP contribution in [-0.2, 0) is 11.3 Å². The molecule has 0 unspecified atom stereocenters. The molecule has 2 fully saturated rings. The molecule has 28 heavy (non-hydrogen) atoms. The van der Waals surface area contributed by atoms with Gasteiger partial charge in [-0.1, -0.05) is 12.1 Å². The van der Waals surface area contributed by atoms with Crippen molar-refractivity contribution < 1.29 is 9.53 Å². The number of nitrogens with zero attached hydrogens (tertiary/aromatic N) is 5. The minimum Gasteiger partial charge on any atom is -0.495 e. The molecule has 2 saturated heterocycles. The predicted octanol–water partition coefficient (Wildman–Crippen LogP) is 1.70. The Balaban J connectivity index is 1.30. The molecule has 0 radical (unpaired) electrons. The smallest absolute Gasteiger partial charge is 0.236 e. The molecule has 0 saturated carbocycles. The zero-order chi connectivity index (χ0) is 19.3. The zero-order valence-electron chi connectivity index (χ0n) is 16.5. The number of carbonyl (C=O) groups excluding carboxylic acids is 1. The molecule has 4 rings (SSSR count). The van der Waals surface area contributed by atoms with Crippen molar-refractivity contribution in [3.8, 4) is 5.75 Å². The summed E-state index contributed by atoms with van der Waals surface area (Å²) in [4.78, 5) is 19.5. The summed E-state index contributed by atoms with van der Waals surface area (Å²) in [6.07, 6.45) is 6.09. The predicted molar refractivity (Wildman–Crippen MR) is 109 cm³/mol. The van der Waals surface area contributed by atoms with Crippen LogP contribution in [0.4, 0.5) is 5.69 Å². The molecule has 7 heteroatoms. The highest BCUT2D eigenvalue weighted by Gasteiger charge is 2.29. The lowest BCUT2D eigenvalue weighted by molar-refractivity contribution is -0.133. The van der Waals surface area contributed by atoms with Gasteiger partial charge in [-0.25, -0.2) is 0 Å². The fourth-order valence-corrected chi connectivity index (χ4v) is 4.30. The second-order valence-electron chi connectivity index (χ2n) is 7.53. The van der Waals surface area contributed by atoms with Crippen molar-refractivity contribution in [3.05, 3.63) is 42.7 Å². The monoisotopic (exact) mass is 383 g/mol. The minimum atomic E-state index is 0.243. The summed E-state index contributed by atoms with van der Waals surface area (Å²) in [7, 11) is 1.70. The van der Waals surface area contributed by atoms with Gasteiger partial charge in [-0.2, -0.15) is 5.10 Å². The van der Waals surface area contributed by atoms with E-state index >= 15 is 0 Å². The van der Waals surface area contributed by atoms with Crippen LogP contribution in [-0.4, -0.2) is 77.9 Å². The summed E-state index contributed by atoms with van der Waals surface area (Å²) in [5, 5.41) is 4.31. The molecule has 0 N–H and O–H groups in total. The molecular formula is C21H29N5O2. The van der Waals surface area contributed by atoms with Gasteiger partial charge in [-0.15, -0.1) is 0 Å². The summed E-state index contributed by atoms with van der Waals surface area (Å²) < 4.78 is 7.45. The SMILES string of the molecule is COc1ccccc1N1CCN(C(=O)CN2CCC[C@@H]2Cn2cccn2)CC1. The van der Waals surface area contributed by atoms with Crippen LogP contribution >= 0.6 is 0 Å². The number of benzene rings is 1. The Labute approximate surface area is 166 Å². The van der Waals surface area contributed by atoms with E-state index in [0.29, 0.717) is 12.6 Å². The first-order chi connectivity index (χ1) is 13.7. The van der Waals surface area contributed by atoms with Gasteiger partial charge in [0, 0.05) is 44.6 Å². The van der Waals surface area contributed by atoms with E-state index in [1.807, 2.05) is 46.2 Å². The minimum absolute atomic E-state index is 0.243. The highest BCUT2D eigenvalue weighted by atomic mass is 16.5. The number of likely N-dealkylation sites (tertiary alicyclic amines) is 1. The molecule has 1 aromatic carbocycles. The standard InChI is InChI=1S/C21H29N5O2/c1-28-20-8-3-2-7-19(20)23-12-14-24(15-13-23)21(27)17-25-10-4-6-18(25)16-26-11-5-9-22-26/h2-3,5,7-9,11,18H,4,6,10,12-17H2,1H3/t18-/m1/s1. The fraction of sp³-hybridized carbons (Fsp3) is 0.524. The number of rotatable bonds is 6. The van der Waals surface area contributed by atoms with Gasteiger partial charge in [-0.05, 0) is 37.6 Å². The molecule has 150 valence electrons. The first kappa shape index (κ1) is 18.8. The Kier molecular flexibility index (Phi) is 5.81. The van der Waals surface area contributed by atoms with Crippen LogP contribution < -0.4 is 9.64 Å². The largest absolute Gasteiger partial charge is 0.495 e. The van der Waals surface area contributed by atoms with E-state index < -0.39 is 0 Å². The molecule has 1 aromatic heterocycles. The Morgan fingerprint density at radius 3 is 2.71 bits per heavy atom. The van der Waals surface area contributed by atoms with Gasteiger partial charge < -0.3 is 14.5 Å². The molecule has 2 aliphatic heterocycles. The normalized spacial score (nSPS) is 20.5. The van der Waals surface area contributed by atoms with Crippen LogP contribution in [0.3, 0.4) is 0 Å². The molecule has 0 spiro atoms. The number of para-hydroxylation sites is 2. The van der Waals surface area contributed by atoms with E-state index in [9.17, 15) is 4.79 Å². The van der Waals surface area contributed by atoms with Gasteiger partial charge in [0.05, 0.1) is 25.9 Å². The molecule has 7 nitrogen and oxygen atoms in total. The second-order valence-corrected chi connectivity index (χ2v) is 7.53. The summed E-state index contributed by atoms with van der Waals surface area (Å²) in [6, 6.07) is 10.4. The van der Waals surface area contributed by atoms with Crippen LogP contribution in [0.2, 0.25) is 0 Å². The van der Waals surface area contributed by atoms with E-state index in [1.165, 1.54) is 0 Å². The van der Waals surface area contributed by atoms with E-state index in [2.05, 4.69) is 21.0 Å². The van der Waals surface area contributed by atoms with Crippen molar-refractivity contribution in [1.29, 1.82) is 0 Å². The van der Waals surface area contributed by atoms with Crippen molar-refractivity contribution in [2.45, 2.75) is 25.4 Å². The van der Waals surface area contributed by atoms with Crippen LogP contribution in [0.5, 0.6) is 5.75 Å². The number of hydrogen-bond donors (Lipinski definition) is 0. The van der Waals surface area contributed by atoms with Crippen LogP contribution in [0.25, 0.3) is 0 Å². The highest BCUT2D eigenvalue weighted by Crippen LogP contribution is 2.28. The maximum Gasteiger partial charge on any atom is 0.236 e. The third kappa shape index (κ3) is 4.14. The third-order valence-electron chi connectivity index (χ3n) is 5.85. The van der Waals surface area contributed by atoms with Gasteiger partial charge in [0.1, 0.15) is 5.75 Å². The van der Waals surface area contributed by atoms with Crippen molar-refractivity contribution >= 4 is 11.6 Å². The molecule has 3 heterocycles. The summed E-state index contributed by atoms with van der Waals surface area (Å²) in [6.45, 7) is 5.57. The lowest BCUT2D eigenvalue weighted by Gasteiger charge is -2.37. The number of ether oxygens (including phenoxy) is 1. The number of hydrogen-bond acceptors (Lipinski definition) is 5. The maximum absolute atomic E-state index is 12.9. The van der Waals surface area contributed by atoms with Gasteiger partial charge in [-0.3, -0.25) is 14.4 Å². The van der Waals surface area contributed by atoms with Crippen molar-refractivity contribution in [1.82, 2.24) is 19.6 Å². The first-order valence-corrected chi connectivity index (χ1v) is 10.1. The third-order valence-corrected chi connectivity index (χ3v) is 5.85. The van der Waals surface area contributed by atoms with E-state index in [4.69, 9.17) is 4.74 Å². The second kappa shape index (κ2) is 8.65. The number of piperazine rings is 1. The topological polar surface area (TPSA) is 53.8 Å². The number of anilines is 1.